The topological polar surface area (TPSA) is 13.1 Å². The molecule has 8 rings (SSSR count). The van der Waals surface area contributed by atoms with Crippen molar-refractivity contribution in [2.45, 2.75) is 12.8 Å². The molecular weight excluding hydrogens is 544 g/mol. The van der Waals surface area contributed by atoms with Gasteiger partial charge in [0.05, 0.1) is 0 Å². The maximum Gasteiger partial charge on any atom is 0.135 e. The first-order valence-electron chi connectivity index (χ1n) is 15.6. The molecule has 0 spiro atoms. The van der Waals surface area contributed by atoms with E-state index in [9.17, 15) is 0 Å². The molecule has 0 atom stereocenters. The van der Waals surface area contributed by atoms with Crippen molar-refractivity contribution in [3.05, 3.63) is 192 Å². The van der Waals surface area contributed by atoms with Crippen molar-refractivity contribution in [2.24, 2.45) is 0 Å². The molecule has 0 saturated carbocycles. The Morgan fingerprint density at radius 1 is 0.289 bits per heavy atom. The molecule has 1 heterocycles. The Balaban J connectivity index is 1.15. The Morgan fingerprint density at radius 3 is 1.38 bits per heavy atom. The van der Waals surface area contributed by atoms with Crippen molar-refractivity contribution in [1.29, 1.82) is 0 Å². The van der Waals surface area contributed by atoms with E-state index in [-0.39, 0.29) is 0 Å². The normalized spacial score (nSPS) is 11.3. The van der Waals surface area contributed by atoms with Crippen LogP contribution in [-0.2, 0) is 12.8 Å². The first-order valence-corrected chi connectivity index (χ1v) is 15.6. The molecular formula is C44H32O. The van der Waals surface area contributed by atoms with Crippen molar-refractivity contribution >= 4 is 21.9 Å². The van der Waals surface area contributed by atoms with Gasteiger partial charge in [-0.05, 0) is 98.8 Å². The zero-order valence-corrected chi connectivity index (χ0v) is 25.0. The average molecular weight is 577 g/mol. The molecule has 45 heavy (non-hydrogen) atoms. The largest absolute Gasteiger partial charge is 0.456 e. The lowest BCUT2D eigenvalue weighted by atomic mass is 9.92. The second kappa shape index (κ2) is 11.8. The van der Waals surface area contributed by atoms with Crippen LogP contribution in [0.15, 0.2) is 174 Å². The summed E-state index contributed by atoms with van der Waals surface area (Å²) in [5.74, 6) is 0. The summed E-state index contributed by atoms with van der Waals surface area (Å²) in [5.41, 5.74) is 14.4. The number of furan rings is 1. The highest BCUT2D eigenvalue weighted by Crippen LogP contribution is 2.35. The van der Waals surface area contributed by atoms with Gasteiger partial charge in [0.1, 0.15) is 11.2 Å². The minimum absolute atomic E-state index is 0.911. The molecule has 1 aromatic heterocycles. The number of hydrogen-bond donors (Lipinski definition) is 0. The van der Waals surface area contributed by atoms with Gasteiger partial charge in [0.2, 0.25) is 0 Å². The SMILES string of the molecule is c1ccc(Cc2cc(Cc3ccccc3)cc(-c3cccc(-c4cccc(-c5ccc6oc7ccccc7c6c5)c4)c3)c2)cc1. The van der Waals surface area contributed by atoms with E-state index in [4.69, 9.17) is 4.42 Å². The Morgan fingerprint density at radius 2 is 0.778 bits per heavy atom. The van der Waals surface area contributed by atoms with Gasteiger partial charge >= 0.3 is 0 Å². The Hall–Kier alpha value is -5.66. The molecule has 0 aliphatic carbocycles. The molecule has 8 aromatic rings. The maximum absolute atomic E-state index is 6.07. The summed E-state index contributed by atoms with van der Waals surface area (Å²) in [4.78, 5) is 0. The third-order valence-corrected chi connectivity index (χ3v) is 8.66. The summed E-state index contributed by atoms with van der Waals surface area (Å²) < 4.78 is 6.07. The molecule has 0 saturated heterocycles. The summed E-state index contributed by atoms with van der Waals surface area (Å²) in [7, 11) is 0. The van der Waals surface area contributed by atoms with Crippen LogP contribution in [0.4, 0.5) is 0 Å². The Bertz CT molecular complexity index is 2200. The molecule has 0 radical (unpaired) electrons. The van der Waals surface area contributed by atoms with E-state index in [0.29, 0.717) is 0 Å². The highest BCUT2D eigenvalue weighted by atomic mass is 16.3. The lowest BCUT2D eigenvalue weighted by molar-refractivity contribution is 0.669. The predicted molar refractivity (Wildman–Crippen MR) is 189 cm³/mol. The molecule has 0 N–H and O–H groups in total. The standard InChI is InChI=1S/C44H32O/c1-3-11-31(12-4-1)23-33-25-34(24-32-13-5-2-6-14-32)27-40(26-33)38-18-10-16-36(29-38)35-15-9-17-37(28-35)39-21-22-44-42(30-39)41-19-7-8-20-43(41)45-44/h1-22,25-30H,23-24H2. The van der Waals surface area contributed by atoms with Gasteiger partial charge in [-0.25, -0.2) is 0 Å². The quantitative estimate of drug-likeness (QED) is 0.184. The number of hydrogen-bond acceptors (Lipinski definition) is 1. The number of benzene rings is 7. The van der Waals surface area contributed by atoms with Crippen LogP contribution in [0.1, 0.15) is 22.3 Å². The van der Waals surface area contributed by atoms with E-state index in [2.05, 4.69) is 158 Å². The third-order valence-electron chi connectivity index (χ3n) is 8.66. The van der Waals surface area contributed by atoms with Crippen LogP contribution < -0.4 is 0 Å². The average Bonchev–Trinajstić information content (AvgIpc) is 3.47. The second-order valence-electron chi connectivity index (χ2n) is 11.8. The van der Waals surface area contributed by atoms with E-state index in [1.54, 1.807) is 0 Å². The molecule has 0 aliphatic rings. The first-order chi connectivity index (χ1) is 22.2. The summed E-state index contributed by atoms with van der Waals surface area (Å²) in [6.45, 7) is 0. The van der Waals surface area contributed by atoms with Gasteiger partial charge in [-0.2, -0.15) is 0 Å². The molecule has 0 amide bonds. The molecule has 0 bridgehead atoms. The van der Waals surface area contributed by atoms with Gasteiger partial charge < -0.3 is 4.42 Å². The van der Waals surface area contributed by atoms with Crippen LogP contribution >= 0.6 is 0 Å². The summed E-state index contributed by atoms with van der Waals surface area (Å²) in [6, 6.07) is 61.2. The van der Waals surface area contributed by atoms with Crippen molar-refractivity contribution in [3.8, 4) is 33.4 Å². The predicted octanol–water partition coefficient (Wildman–Crippen LogP) is 11.8. The summed E-state index contributed by atoms with van der Waals surface area (Å²) in [5, 5.41) is 2.30. The van der Waals surface area contributed by atoms with Gasteiger partial charge in [-0.3, -0.25) is 0 Å². The van der Waals surface area contributed by atoms with E-state index in [0.717, 1.165) is 34.8 Å². The van der Waals surface area contributed by atoms with Gasteiger partial charge in [0.15, 0.2) is 0 Å². The van der Waals surface area contributed by atoms with Gasteiger partial charge in [-0.15, -0.1) is 0 Å². The van der Waals surface area contributed by atoms with E-state index >= 15 is 0 Å². The summed E-state index contributed by atoms with van der Waals surface area (Å²) in [6.07, 6.45) is 1.82. The lowest BCUT2D eigenvalue weighted by Crippen LogP contribution is -1.95. The molecule has 0 aliphatic heterocycles. The zero-order valence-electron chi connectivity index (χ0n) is 25.0. The Labute approximate surface area is 264 Å². The lowest BCUT2D eigenvalue weighted by Gasteiger charge is -2.13. The second-order valence-corrected chi connectivity index (χ2v) is 11.8. The van der Waals surface area contributed by atoms with Crippen LogP contribution in [0, 0.1) is 0 Å². The zero-order chi connectivity index (χ0) is 30.0. The molecule has 0 unspecified atom stereocenters. The molecule has 1 heteroatoms. The van der Waals surface area contributed by atoms with Crippen molar-refractivity contribution in [1.82, 2.24) is 0 Å². The van der Waals surface area contributed by atoms with Crippen LogP contribution in [0.3, 0.4) is 0 Å². The summed E-state index contributed by atoms with van der Waals surface area (Å²) >= 11 is 0. The monoisotopic (exact) mass is 576 g/mol. The fourth-order valence-electron chi connectivity index (χ4n) is 6.46. The van der Waals surface area contributed by atoms with Crippen LogP contribution in [0.5, 0.6) is 0 Å². The molecule has 0 fully saturated rings. The first kappa shape index (κ1) is 26.9. The fraction of sp³-hybridized carbons (Fsp3) is 0.0455. The highest BCUT2D eigenvalue weighted by molar-refractivity contribution is 6.06. The van der Waals surface area contributed by atoms with E-state index in [1.165, 1.54) is 55.6 Å². The minimum atomic E-state index is 0.911. The Kier molecular flexibility index (Phi) is 7.05. The molecule has 1 nitrogen and oxygen atoms in total. The molecule has 7 aromatic carbocycles. The van der Waals surface area contributed by atoms with Crippen molar-refractivity contribution < 1.29 is 4.42 Å². The smallest absolute Gasteiger partial charge is 0.135 e. The van der Waals surface area contributed by atoms with Crippen LogP contribution in [0.2, 0.25) is 0 Å². The van der Waals surface area contributed by atoms with E-state index in [1.807, 2.05) is 12.1 Å². The van der Waals surface area contributed by atoms with Gasteiger partial charge in [0, 0.05) is 10.8 Å². The van der Waals surface area contributed by atoms with Gasteiger partial charge in [0.25, 0.3) is 0 Å². The van der Waals surface area contributed by atoms with Crippen LogP contribution in [0.25, 0.3) is 55.3 Å². The maximum atomic E-state index is 6.07. The van der Waals surface area contributed by atoms with Crippen LogP contribution in [-0.4, -0.2) is 0 Å². The number of fused-ring (bicyclic) bond motifs is 3. The number of rotatable bonds is 7. The molecule has 214 valence electrons. The fourth-order valence-corrected chi connectivity index (χ4v) is 6.46. The highest BCUT2D eigenvalue weighted by Gasteiger charge is 2.11. The van der Waals surface area contributed by atoms with Gasteiger partial charge in [-0.1, -0.05) is 140 Å². The number of para-hydroxylation sites is 1. The minimum Gasteiger partial charge on any atom is -0.456 e. The van der Waals surface area contributed by atoms with Crippen molar-refractivity contribution in [3.63, 3.8) is 0 Å². The van der Waals surface area contributed by atoms with Crippen molar-refractivity contribution in [2.75, 3.05) is 0 Å². The third kappa shape index (κ3) is 5.69. The van der Waals surface area contributed by atoms with E-state index < -0.39 is 0 Å².